The standard InChI is InChI=1S/C49H39N2O2.C15H16N.Ir/c1-27(2)38-24-34(31-13-8-7-9-14-31)25-39(28(3)4)46(38)51-47-42(21-22-43-45(47)29(5)30(6)52-43)50-49(51)37-18-12-17-36-41-23-33-20-19-32-15-10-11-16-35(32)40(33)26-44(41)53-48(36)37;1-15(2,3)13-9-10-16-14(11-13)12-7-5-4-6-8-12;/h7-17,19-28H,1-6H3;4-7,9-11H,1-3H3;/q2*-1;/i5D3,6D3;;. The summed E-state index contributed by atoms with van der Waals surface area (Å²) in [7, 11) is 0. The summed E-state index contributed by atoms with van der Waals surface area (Å²) in [6.07, 6.45) is 1.87. The first-order valence-corrected chi connectivity index (χ1v) is 23.6. The van der Waals surface area contributed by atoms with Crippen LogP contribution in [0.15, 0.2) is 167 Å². The van der Waals surface area contributed by atoms with Crippen molar-refractivity contribution in [3.8, 4) is 39.5 Å². The Morgan fingerprint density at radius 2 is 1.39 bits per heavy atom. The van der Waals surface area contributed by atoms with E-state index in [0.717, 1.165) is 77.1 Å². The third-order valence-corrected chi connectivity index (χ3v) is 13.3. The van der Waals surface area contributed by atoms with Gasteiger partial charge in [0.2, 0.25) is 0 Å². The van der Waals surface area contributed by atoms with Gasteiger partial charge in [0.15, 0.2) is 0 Å². The topological polar surface area (TPSA) is 57.0 Å². The van der Waals surface area contributed by atoms with Crippen LogP contribution in [0.5, 0.6) is 0 Å². The molecule has 349 valence electrons. The average molecular weight is 1100 g/mol. The van der Waals surface area contributed by atoms with Crippen molar-refractivity contribution in [2.24, 2.45) is 0 Å². The van der Waals surface area contributed by atoms with Gasteiger partial charge in [0.05, 0.1) is 22.4 Å². The van der Waals surface area contributed by atoms with E-state index in [2.05, 4.69) is 138 Å². The van der Waals surface area contributed by atoms with Crippen LogP contribution in [0.1, 0.15) is 96.5 Å². The quantitative estimate of drug-likeness (QED) is 0.123. The zero-order valence-corrected chi connectivity index (χ0v) is 42.6. The fourth-order valence-corrected chi connectivity index (χ4v) is 9.76. The maximum Gasteiger partial charge on any atom is 0.136 e. The molecule has 6 heteroatoms. The van der Waals surface area contributed by atoms with Crippen LogP contribution < -0.4 is 0 Å². The largest absolute Gasteiger partial charge is 0.501 e. The van der Waals surface area contributed by atoms with Crippen LogP contribution in [-0.4, -0.2) is 14.5 Å². The molecule has 4 heterocycles. The number of aryl methyl sites for hydroxylation is 2. The molecule has 0 aliphatic rings. The SMILES string of the molecule is CC(C)(C)c1ccnc(-c2[c-]cccc2)c1.[2H]C([2H])([2H])c1oc2ccc3nc(-c4[c-]ccc5c4oc4cc6c(ccc7ccccc76)cc45)n(-c4c(C(C)C)cc(-c5ccccc5)cc4C(C)C)c3c2c1C([2H])([2H])[2H].[Ir]. The van der Waals surface area contributed by atoms with Gasteiger partial charge < -0.3 is 18.4 Å². The van der Waals surface area contributed by atoms with E-state index >= 15 is 0 Å². The second-order valence-electron chi connectivity index (χ2n) is 19.6. The molecule has 12 aromatic rings. The van der Waals surface area contributed by atoms with Crippen molar-refractivity contribution in [3.05, 3.63) is 198 Å². The van der Waals surface area contributed by atoms with Gasteiger partial charge in [0, 0.05) is 56.6 Å². The Hall–Kier alpha value is -7.11. The minimum atomic E-state index is -2.82. The van der Waals surface area contributed by atoms with Crippen molar-refractivity contribution in [2.45, 2.75) is 79.4 Å². The second kappa shape index (κ2) is 18.3. The van der Waals surface area contributed by atoms with E-state index in [-0.39, 0.29) is 53.9 Å². The smallest absolute Gasteiger partial charge is 0.136 e. The summed E-state index contributed by atoms with van der Waals surface area (Å²) < 4.78 is 66.1. The molecule has 0 unspecified atom stereocenters. The van der Waals surface area contributed by atoms with Gasteiger partial charge in [-0.15, -0.1) is 54.1 Å². The van der Waals surface area contributed by atoms with Crippen LogP contribution in [0.25, 0.3) is 105 Å². The molecule has 12 rings (SSSR count). The first kappa shape index (κ1) is 39.7. The van der Waals surface area contributed by atoms with Gasteiger partial charge in [0.25, 0.3) is 0 Å². The summed E-state index contributed by atoms with van der Waals surface area (Å²) in [5.41, 5.74) is 11.1. The number of benzene rings is 8. The normalized spacial score (nSPS) is 13.6. The predicted octanol–water partition coefficient (Wildman–Crippen LogP) is 17.8. The summed E-state index contributed by atoms with van der Waals surface area (Å²) in [4.78, 5) is 9.70. The van der Waals surface area contributed by atoms with Crippen molar-refractivity contribution < 1.29 is 37.2 Å². The van der Waals surface area contributed by atoms with Gasteiger partial charge in [-0.25, -0.2) is 0 Å². The van der Waals surface area contributed by atoms with E-state index in [9.17, 15) is 0 Å². The second-order valence-corrected chi connectivity index (χ2v) is 19.6. The molecule has 0 atom stereocenters. The minimum Gasteiger partial charge on any atom is -0.501 e. The molecule has 0 fully saturated rings. The van der Waals surface area contributed by atoms with E-state index in [1.807, 2.05) is 77.5 Å². The van der Waals surface area contributed by atoms with Gasteiger partial charge >= 0.3 is 0 Å². The Kier molecular flexibility index (Phi) is 10.4. The van der Waals surface area contributed by atoms with Gasteiger partial charge in [-0.2, -0.15) is 0 Å². The summed E-state index contributed by atoms with van der Waals surface area (Å²) in [5.74, 6) is -0.0505. The number of pyridine rings is 1. The van der Waals surface area contributed by atoms with Crippen molar-refractivity contribution in [1.29, 1.82) is 0 Å². The Balaban J connectivity index is 0.000000331. The first-order chi connectivity index (χ1) is 35.8. The van der Waals surface area contributed by atoms with Gasteiger partial charge in [-0.3, -0.25) is 4.98 Å². The summed E-state index contributed by atoms with van der Waals surface area (Å²) in [5, 5.41) is 6.47. The molecular formula is C64H55IrN3O2-2. The Morgan fingerprint density at radius 3 is 2.11 bits per heavy atom. The molecular weight excluding hydrogens is 1030 g/mol. The molecule has 4 aromatic heterocycles. The predicted molar refractivity (Wildman–Crippen MR) is 288 cm³/mol. The van der Waals surface area contributed by atoms with Gasteiger partial charge in [-0.05, 0) is 128 Å². The molecule has 1 radical (unpaired) electrons. The Morgan fingerprint density at radius 1 is 0.629 bits per heavy atom. The Bertz CT molecular complexity index is 4120. The Labute approximate surface area is 432 Å². The maximum atomic E-state index is 8.71. The van der Waals surface area contributed by atoms with E-state index in [1.54, 1.807) is 12.1 Å². The molecule has 70 heavy (non-hydrogen) atoms. The molecule has 8 aromatic carbocycles. The number of rotatable bonds is 6. The zero-order chi connectivity index (χ0) is 52.7. The van der Waals surface area contributed by atoms with Crippen molar-refractivity contribution in [3.63, 3.8) is 0 Å². The van der Waals surface area contributed by atoms with E-state index in [1.165, 1.54) is 5.56 Å². The van der Waals surface area contributed by atoms with E-state index in [4.69, 9.17) is 22.0 Å². The van der Waals surface area contributed by atoms with Gasteiger partial charge in [-0.1, -0.05) is 132 Å². The van der Waals surface area contributed by atoms with Crippen molar-refractivity contribution in [1.82, 2.24) is 14.5 Å². The van der Waals surface area contributed by atoms with Gasteiger partial charge in [0.1, 0.15) is 16.9 Å². The number of hydrogen-bond donors (Lipinski definition) is 0. The summed E-state index contributed by atoms with van der Waals surface area (Å²) >= 11 is 0. The van der Waals surface area contributed by atoms with Crippen LogP contribution in [0, 0.1) is 25.8 Å². The van der Waals surface area contributed by atoms with Crippen LogP contribution in [0.2, 0.25) is 0 Å². The molecule has 0 saturated heterocycles. The zero-order valence-electron chi connectivity index (χ0n) is 46.2. The number of imidazole rings is 1. The monoisotopic (exact) mass is 1100 g/mol. The van der Waals surface area contributed by atoms with Crippen LogP contribution in [-0.2, 0) is 25.5 Å². The summed E-state index contributed by atoms with van der Waals surface area (Å²) in [6, 6.07) is 57.6. The van der Waals surface area contributed by atoms with E-state index < -0.39 is 19.5 Å². The molecule has 0 saturated carbocycles. The van der Waals surface area contributed by atoms with E-state index in [0.29, 0.717) is 28.0 Å². The van der Waals surface area contributed by atoms with Crippen molar-refractivity contribution in [2.75, 3.05) is 0 Å². The molecule has 5 nitrogen and oxygen atoms in total. The molecule has 0 aliphatic carbocycles. The van der Waals surface area contributed by atoms with Crippen LogP contribution >= 0.6 is 0 Å². The summed E-state index contributed by atoms with van der Waals surface area (Å²) in [6.45, 7) is 9.55. The number of nitrogens with zero attached hydrogens (tertiary/aromatic N) is 3. The first-order valence-electron chi connectivity index (χ1n) is 26.6. The molecule has 0 aliphatic heterocycles. The van der Waals surface area contributed by atoms with Crippen LogP contribution in [0.3, 0.4) is 0 Å². The molecule has 0 N–H and O–H groups in total. The minimum absolute atomic E-state index is 0. The maximum absolute atomic E-state index is 8.71. The molecule has 0 bridgehead atoms. The fraction of sp³-hybridized carbons (Fsp3) is 0.188. The number of furan rings is 2. The third-order valence-electron chi connectivity index (χ3n) is 13.3. The van der Waals surface area contributed by atoms with Crippen molar-refractivity contribution >= 4 is 65.5 Å². The molecule has 0 spiro atoms. The van der Waals surface area contributed by atoms with Crippen LogP contribution in [0.4, 0.5) is 0 Å². The molecule has 0 amide bonds. The number of fused-ring (bicyclic) bond motifs is 9. The number of hydrogen-bond acceptors (Lipinski definition) is 4. The average Bonchev–Trinajstić information content (AvgIpc) is 4.29. The third kappa shape index (κ3) is 8.13. The number of aromatic nitrogens is 3. The fourth-order valence-electron chi connectivity index (χ4n) is 9.76.